The van der Waals surface area contributed by atoms with E-state index in [-0.39, 0.29) is 16.2 Å². The Morgan fingerprint density at radius 2 is 1.56 bits per heavy atom. The minimum absolute atomic E-state index is 0.206. The molecule has 0 aliphatic carbocycles. The van der Waals surface area contributed by atoms with Gasteiger partial charge in [-0.25, -0.2) is 13.2 Å². The molecule has 1 unspecified atom stereocenters. The smallest absolute Gasteiger partial charge is 0.130 e. The Morgan fingerprint density at radius 3 is 2.17 bits per heavy atom. The molecule has 0 radical (unpaired) electrons. The first kappa shape index (κ1) is 12.8. The molecule has 0 bridgehead atoms. The molecular weight excluding hydrogens is 261 g/mol. The minimum atomic E-state index is -1.69. The molecule has 0 heterocycles. The van der Waals surface area contributed by atoms with E-state index in [1.807, 2.05) is 0 Å². The van der Waals surface area contributed by atoms with E-state index in [0.717, 1.165) is 18.2 Å². The van der Waals surface area contributed by atoms with Crippen molar-refractivity contribution in [3.05, 3.63) is 65.5 Å². The average Bonchev–Trinajstić information content (AvgIpc) is 2.34. The molecule has 18 heavy (non-hydrogen) atoms. The lowest BCUT2D eigenvalue weighted by molar-refractivity contribution is 0.564. The molecule has 1 atom stereocenters. The predicted molar refractivity (Wildman–Crippen MR) is 62.9 cm³/mol. The van der Waals surface area contributed by atoms with Gasteiger partial charge in [-0.15, -0.1) is 0 Å². The Morgan fingerprint density at radius 1 is 0.944 bits per heavy atom. The van der Waals surface area contributed by atoms with Crippen LogP contribution in [0.4, 0.5) is 13.2 Å². The lowest BCUT2D eigenvalue weighted by atomic mass is 10.2. The van der Waals surface area contributed by atoms with Crippen molar-refractivity contribution in [1.82, 2.24) is 0 Å². The molecule has 0 aliphatic heterocycles. The van der Waals surface area contributed by atoms with Gasteiger partial charge in [-0.3, -0.25) is 4.21 Å². The summed E-state index contributed by atoms with van der Waals surface area (Å²) in [5, 5.41) is 0. The third-order valence-electron chi connectivity index (χ3n) is 2.40. The van der Waals surface area contributed by atoms with Gasteiger partial charge in [0.05, 0.1) is 16.6 Å². The van der Waals surface area contributed by atoms with Crippen LogP contribution in [0.15, 0.2) is 47.4 Å². The molecule has 0 saturated carbocycles. The van der Waals surface area contributed by atoms with Gasteiger partial charge < -0.3 is 0 Å². The fraction of sp³-hybridized carbons (Fsp3) is 0.0769. The van der Waals surface area contributed by atoms with E-state index in [0.29, 0.717) is 0 Å². The Hall–Kier alpha value is -1.62. The highest BCUT2D eigenvalue weighted by molar-refractivity contribution is 7.84. The summed E-state index contributed by atoms with van der Waals surface area (Å²) in [6, 6.07) is 8.60. The molecule has 94 valence electrons. The lowest BCUT2D eigenvalue weighted by Gasteiger charge is -2.05. The summed E-state index contributed by atoms with van der Waals surface area (Å²) in [6.07, 6.45) is 0. The first-order valence-corrected chi connectivity index (χ1v) is 6.46. The van der Waals surface area contributed by atoms with Crippen LogP contribution in [0.25, 0.3) is 0 Å². The highest BCUT2D eigenvalue weighted by Crippen LogP contribution is 2.18. The molecule has 0 spiro atoms. The van der Waals surface area contributed by atoms with Crippen LogP contribution in [-0.4, -0.2) is 4.21 Å². The summed E-state index contributed by atoms with van der Waals surface area (Å²) in [6.45, 7) is 0. The molecule has 1 nitrogen and oxygen atoms in total. The first-order chi connectivity index (χ1) is 8.58. The van der Waals surface area contributed by atoms with Crippen LogP contribution >= 0.6 is 0 Å². The fourth-order valence-corrected chi connectivity index (χ4v) is 2.67. The normalized spacial score (nSPS) is 12.4. The largest absolute Gasteiger partial charge is 0.254 e. The topological polar surface area (TPSA) is 17.1 Å². The second kappa shape index (κ2) is 5.35. The molecule has 2 rings (SSSR count). The van der Waals surface area contributed by atoms with E-state index in [1.54, 1.807) is 0 Å². The summed E-state index contributed by atoms with van der Waals surface area (Å²) in [5.74, 6) is -2.35. The number of hydrogen-bond acceptors (Lipinski definition) is 1. The van der Waals surface area contributed by atoms with Gasteiger partial charge in [0.1, 0.15) is 17.5 Å². The fourth-order valence-electron chi connectivity index (χ4n) is 1.49. The Balaban J connectivity index is 2.27. The number of halogens is 3. The molecule has 0 aliphatic rings. The van der Waals surface area contributed by atoms with Crippen molar-refractivity contribution in [2.45, 2.75) is 10.6 Å². The average molecular weight is 270 g/mol. The number of benzene rings is 2. The third kappa shape index (κ3) is 2.79. The summed E-state index contributed by atoms with van der Waals surface area (Å²) >= 11 is 0. The molecule has 5 heteroatoms. The summed E-state index contributed by atoms with van der Waals surface area (Å²) in [7, 11) is -1.69. The molecule has 0 saturated heterocycles. The van der Waals surface area contributed by atoms with Crippen molar-refractivity contribution in [1.29, 1.82) is 0 Å². The second-order valence-corrected chi connectivity index (χ2v) is 5.10. The Bertz CT molecular complexity index is 578. The van der Waals surface area contributed by atoms with Gasteiger partial charge >= 0.3 is 0 Å². The third-order valence-corrected chi connectivity index (χ3v) is 3.73. The van der Waals surface area contributed by atoms with Gasteiger partial charge in [0.2, 0.25) is 0 Å². The van der Waals surface area contributed by atoms with Crippen molar-refractivity contribution in [3.8, 4) is 0 Å². The van der Waals surface area contributed by atoms with Crippen LogP contribution in [0.2, 0.25) is 0 Å². The molecular formula is C13H9F3OS. The van der Waals surface area contributed by atoms with E-state index < -0.39 is 28.3 Å². The SMILES string of the molecule is O=S(Cc1c(F)cccc1F)c1cccc(F)c1. The van der Waals surface area contributed by atoms with E-state index in [1.165, 1.54) is 24.3 Å². The zero-order valence-corrected chi connectivity index (χ0v) is 10.0. The summed E-state index contributed by atoms with van der Waals surface area (Å²) in [5.41, 5.74) is -0.250. The lowest BCUT2D eigenvalue weighted by Crippen LogP contribution is -2.02. The van der Waals surface area contributed by atoms with E-state index >= 15 is 0 Å². The minimum Gasteiger partial charge on any atom is -0.254 e. The van der Waals surface area contributed by atoms with Crippen LogP contribution in [0.5, 0.6) is 0 Å². The summed E-state index contributed by atoms with van der Waals surface area (Å²) in [4.78, 5) is 0.206. The second-order valence-electron chi connectivity index (χ2n) is 3.65. The van der Waals surface area contributed by atoms with Crippen molar-refractivity contribution < 1.29 is 17.4 Å². The van der Waals surface area contributed by atoms with Crippen LogP contribution in [0.3, 0.4) is 0 Å². The van der Waals surface area contributed by atoms with Gasteiger partial charge in [0.15, 0.2) is 0 Å². The van der Waals surface area contributed by atoms with Crippen LogP contribution in [0, 0.1) is 17.5 Å². The maximum Gasteiger partial charge on any atom is 0.130 e. The van der Waals surface area contributed by atoms with Crippen LogP contribution < -0.4 is 0 Å². The van der Waals surface area contributed by atoms with Crippen molar-refractivity contribution >= 4 is 10.8 Å². The van der Waals surface area contributed by atoms with Crippen molar-refractivity contribution in [2.75, 3.05) is 0 Å². The first-order valence-electron chi connectivity index (χ1n) is 5.15. The molecule has 0 N–H and O–H groups in total. The maximum atomic E-state index is 13.4. The molecule has 0 fully saturated rings. The monoisotopic (exact) mass is 270 g/mol. The molecule has 0 amide bonds. The van der Waals surface area contributed by atoms with Gasteiger partial charge in [-0.2, -0.15) is 0 Å². The predicted octanol–water partition coefficient (Wildman–Crippen LogP) is 3.41. The Labute approximate surface area is 105 Å². The zero-order chi connectivity index (χ0) is 13.1. The molecule has 0 aromatic heterocycles. The standard InChI is InChI=1S/C13H9F3OS/c14-9-3-1-4-10(7-9)18(17)8-11-12(15)5-2-6-13(11)16/h1-7H,8H2. The van der Waals surface area contributed by atoms with Gasteiger partial charge in [-0.1, -0.05) is 12.1 Å². The molecule has 2 aromatic rings. The molecule has 2 aromatic carbocycles. The van der Waals surface area contributed by atoms with Crippen LogP contribution in [-0.2, 0) is 16.6 Å². The number of rotatable bonds is 3. The summed E-state index contributed by atoms with van der Waals surface area (Å²) < 4.78 is 51.5. The van der Waals surface area contributed by atoms with Crippen molar-refractivity contribution in [3.63, 3.8) is 0 Å². The van der Waals surface area contributed by atoms with E-state index in [9.17, 15) is 17.4 Å². The van der Waals surface area contributed by atoms with E-state index in [4.69, 9.17) is 0 Å². The number of hydrogen-bond donors (Lipinski definition) is 0. The van der Waals surface area contributed by atoms with Crippen LogP contribution in [0.1, 0.15) is 5.56 Å². The van der Waals surface area contributed by atoms with Gasteiger partial charge in [0.25, 0.3) is 0 Å². The zero-order valence-electron chi connectivity index (χ0n) is 9.20. The highest BCUT2D eigenvalue weighted by Gasteiger charge is 2.13. The maximum absolute atomic E-state index is 13.4. The van der Waals surface area contributed by atoms with E-state index in [2.05, 4.69) is 0 Å². The van der Waals surface area contributed by atoms with Crippen molar-refractivity contribution in [2.24, 2.45) is 0 Å². The van der Waals surface area contributed by atoms with Gasteiger partial charge in [0, 0.05) is 10.5 Å². The van der Waals surface area contributed by atoms with Gasteiger partial charge in [-0.05, 0) is 30.3 Å². The highest BCUT2D eigenvalue weighted by atomic mass is 32.2. The quantitative estimate of drug-likeness (QED) is 0.835. The Kier molecular flexibility index (Phi) is 3.81.